The Morgan fingerprint density at radius 2 is 1.50 bits per heavy atom. The first-order valence-electron chi connectivity index (χ1n) is 12.2. The van der Waals surface area contributed by atoms with Crippen LogP contribution in [0.2, 0.25) is 0 Å². The predicted molar refractivity (Wildman–Crippen MR) is 138 cm³/mol. The molecule has 1 N–H and O–H groups in total. The van der Waals surface area contributed by atoms with Crippen molar-refractivity contribution < 1.29 is 33.0 Å². The van der Waals surface area contributed by atoms with Crippen LogP contribution in [0.5, 0.6) is 0 Å². The number of benzene rings is 1. The van der Waals surface area contributed by atoms with E-state index < -0.39 is 17.9 Å². The molecule has 0 amide bonds. The molecule has 0 unspecified atom stereocenters. The number of hydrogen-bond acceptors (Lipinski definition) is 9. The molecule has 4 rings (SSSR count). The number of allylic oxidation sites excluding steroid dienone is 2. The van der Waals surface area contributed by atoms with Gasteiger partial charge in [-0.15, -0.1) is 0 Å². The Hall–Kier alpha value is -4.15. The van der Waals surface area contributed by atoms with Crippen LogP contribution in [-0.2, 0) is 28.5 Å². The summed E-state index contributed by atoms with van der Waals surface area (Å²) in [6.45, 7) is 4.13. The van der Waals surface area contributed by atoms with Crippen molar-refractivity contribution in [3.05, 3.63) is 83.0 Å². The van der Waals surface area contributed by atoms with E-state index in [1.807, 2.05) is 30.3 Å². The number of esters is 2. The second-order valence-corrected chi connectivity index (χ2v) is 8.58. The molecule has 0 bridgehead atoms. The fourth-order valence-corrected chi connectivity index (χ4v) is 4.35. The summed E-state index contributed by atoms with van der Waals surface area (Å²) in [5.41, 5.74) is 3.52. The number of carbonyl (C=O) groups is 2. The molecular weight excluding hydrogens is 490 g/mol. The maximum absolute atomic E-state index is 13.5. The highest BCUT2D eigenvalue weighted by molar-refractivity contribution is 6.00. The Morgan fingerprint density at radius 3 is 2.03 bits per heavy atom. The van der Waals surface area contributed by atoms with Gasteiger partial charge in [-0.3, -0.25) is 0 Å². The molecule has 0 radical (unpaired) electrons. The van der Waals surface area contributed by atoms with Crippen LogP contribution in [-0.4, -0.2) is 62.4 Å². The van der Waals surface area contributed by atoms with Crippen LogP contribution in [0.1, 0.15) is 25.3 Å². The van der Waals surface area contributed by atoms with Crippen LogP contribution in [0.4, 0.5) is 0 Å². The maximum Gasteiger partial charge on any atom is 0.336 e. The molecule has 1 aromatic carbocycles. The topological polar surface area (TPSA) is 114 Å². The predicted octanol–water partition coefficient (Wildman–Crippen LogP) is 3.75. The minimum Gasteiger partial charge on any atom is -0.463 e. The first kappa shape index (κ1) is 26.9. The van der Waals surface area contributed by atoms with Gasteiger partial charge in [-0.25, -0.2) is 14.3 Å². The van der Waals surface area contributed by atoms with Gasteiger partial charge in [0.25, 0.3) is 0 Å². The lowest BCUT2D eigenvalue weighted by Gasteiger charge is -2.30. The molecule has 0 atom stereocenters. The number of hydrogen-bond donors (Lipinski definition) is 1. The molecule has 2 aromatic heterocycles. The van der Waals surface area contributed by atoms with E-state index in [2.05, 4.69) is 5.32 Å². The van der Waals surface area contributed by atoms with Crippen molar-refractivity contribution in [2.75, 3.05) is 40.6 Å². The number of nitrogens with zero attached hydrogens (tertiary/aromatic N) is 2. The lowest BCUT2D eigenvalue weighted by molar-refractivity contribution is -0.141. The molecule has 3 heterocycles. The molecule has 10 heteroatoms. The van der Waals surface area contributed by atoms with E-state index in [9.17, 15) is 9.59 Å². The van der Waals surface area contributed by atoms with Crippen LogP contribution in [0.25, 0.3) is 17.1 Å². The van der Waals surface area contributed by atoms with Gasteiger partial charge < -0.3 is 28.7 Å². The molecule has 10 nitrogen and oxygen atoms in total. The van der Waals surface area contributed by atoms with Gasteiger partial charge in [0.05, 0.1) is 42.2 Å². The van der Waals surface area contributed by atoms with E-state index in [0.717, 1.165) is 5.69 Å². The molecule has 1 aliphatic rings. The van der Waals surface area contributed by atoms with Crippen molar-refractivity contribution in [1.82, 2.24) is 15.1 Å². The second kappa shape index (κ2) is 12.4. The van der Waals surface area contributed by atoms with Gasteiger partial charge in [0.15, 0.2) is 5.76 Å². The van der Waals surface area contributed by atoms with E-state index >= 15 is 0 Å². The van der Waals surface area contributed by atoms with Gasteiger partial charge in [0, 0.05) is 37.4 Å². The SMILES string of the molecule is COCCOC(=O)C1=C(C)NC(C)=C(C(=O)OCCOC)C1c1cn(-c2ccccc2)nc1-c1ccco1. The number of nitrogens with one attached hydrogen (secondary N) is 1. The van der Waals surface area contributed by atoms with Crippen LogP contribution in [0.15, 0.2) is 81.9 Å². The third-order valence-corrected chi connectivity index (χ3v) is 6.07. The first-order valence-corrected chi connectivity index (χ1v) is 12.2. The lowest BCUT2D eigenvalue weighted by atomic mass is 9.80. The molecule has 1 aliphatic heterocycles. The molecule has 0 fully saturated rings. The zero-order chi connectivity index (χ0) is 27.1. The lowest BCUT2D eigenvalue weighted by Crippen LogP contribution is -2.33. The number of dihydropyridines is 1. The van der Waals surface area contributed by atoms with E-state index in [1.165, 1.54) is 14.2 Å². The number of furan rings is 1. The van der Waals surface area contributed by atoms with Crippen molar-refractivity contribution in [3.63, 3.8) is 0 Å². The van der Waals surface area contributed by atoms with Crippen molar-refractivity contribution in [2.24, 2.45) is 0 Å². The fraction of sp³-hybridized carbons (Fsp3) is 0.321. The highest BCUT2D eigenvalue weighted by Crippen LogP contribution is 2.43. The smallest absolute Gasteiger partial charge is 0.336 e. The Labute approximate surface area is 220 Å². The average molecular weight is 522 g/mol. The Balaban J connectivity index is 1.89. The van der Waals surface area contributed by atoms with Crippen molar-refractivity contribution >= 4 is 11.9 Å². The maximum atomic E-state index is 13.5. The first-order chi connectivity index (χ1) is 18.5. The highest BCUT2D eigenvalue weighted by atomic mass is 16.6. The van der Waals surface area contributed by atoms with Crippen molar-refractivity contribution in [1.29, 1.82) is 0 Å². The van der Waals surface area contributed by atoms with Crippen LogP contribution >= 0.6 is 0 Å². The molecule has 200 valence electrons. The molecule has 38 heavy (non-hydrogen) atoms. The van der Waals surface area contributed by atoms with Crippen molar-refractivity contribution in [3.8, 4) is 17.1 Å². The summed E-state index contributed by atoms with van der Waals surface area (Å²) < 4.78 is 28.5. The van der Waals surface area contributed by atoms with E-state index in [0.29, 0.717) is 28.4 Å². The minimum absolute atomic E-state index is 0.0590. The Kier molecular flexibility index (Phi) is 8.77. The zero-order valence-corrected chi connectivity index (χ0v) is 21.9. The zero-order valence-electron chi connectivity index (χ0n) is 21.9. The summed E-state index contributed by atoms with van der Waals surface area (Å²) >= 11 is 0. The summed E-state index contributed by atoms with van der Waals surface area (Å²) in [6.07, 6.45) is 3.35. The number of methoxy groups -OCH3 is 2. The number of rotatable bonds is 11. The Morgan fingerprint density at radius 1 is 0.895 bits per heavy atom. The molecule has 0 spiro atoms. The van der Waals surface area contributed by atoms with Crippen molar-refractivity contribution in [2.45, 2.75) is 19.8 Å². The second-order valence-electron chi connectivity index (χ2n) is 8.58. The summed E-state index contributed by atoms with van der Waals surface area (Å²) in [6, 6.07) is 13.1. The summed E-state index contributed by atoms with van der Waals surface area (Å²) in [7, 11) is 3.05. The standard InChI is InChI=1S/C28H31N3O7/c1-18-23(27(32)37-15-13-34-3)25(24(19(2)29-18)28(33)38-16-14-35-4)21-17-31(20-9-6-5-7-10-20)30-26(21)22-11-8-12-36-22/h5-12,17,25,29H,13-16H2,1-4H3. The molecule has 0 aliphatic carbocycles. The number of ether oxygens (including phenoxy) is 4. The average Bonchev–Trinajstić information content (AvgIpc) is 3.59. The van der Waals surface area contributed by atoms with Crippen LogP contribution in [0, 0.1) is 0 Å². The van der Waals surface area contributed by atoms with E-state index in [4.69, 9.17) is 28.5 Å². The normalized spacial score (nSPS) is 14.0. The minimum atomic E-state index is -0.848. The summed E-state index contributed by atoms with van der Waals surface area (Å²) in [5, 5.41) is 7.96. The molecular formula is C28H31N3O7. The van der Waals surface area contributed by atoms with Gasteiger partial charge in [0.2, 0.25) is 0 Å². The monoisotopic (exact) mass is 521 g/mol. The Bertz CT molecular complexity index is 1280. The quantitative estimate of drug-likeness (QED) is 0.298. The van der Waals surface area contributed by atoms with Crippen LogP contribution in [0.3, 0.4) is 0 Å². The highest BCUT2D eigenvalue weighted by Gasteiger charge is 2.40. The third kappa shape index (κ3) is 5.71. The van der Waals surface area contributed by atoms with Gasteiger partial charge >= 0.3 is 11.9 Å². The largest absolute Gasteiger partial charge is 0.463 e. The molecule has 0 saturated carbocycles. The molecule has 0 saturated heterocycles. The summed E-state index contributed by atoms with van der Waals surface area (Å²) in [5.74, 6) is -1.52. The molecule has 3 aromatic rings. The van der Waals surface area contributed by atoms with E-state index in [1.54, 1.807) is 43.1 Å². The van der Waals surface area contributed by atoms with Gasteiger partial charge in [-0.1, -0.05) is 18.2 Å². The van der Waals surface area contributed by atoms with Crippen LogP contribution < -0.4 is 5.32 Å². The van der Waals surface area contributed by atoms with E-state index in [-0.39, 0.29) is 37.6 Å². The number of carbonyl (C=O) groups excluding carboxylic acids is 2. The van der Waals surface area contributed by atoms with Gasteiger partial charge in [0.1, 0.15) is 18.9 Å². The number of aromatic nitrogens is 2. The summed E-state index contributed by atoms with van der Waals surface area (Å²) in [4.78, 5) is 26.9. The third-order valence-electron chi connectivity index (χ3n) is 6.07. The number of para-hydroxylation sites is 1. The van der Waals surface area contributed by atoms with Gasteiger partial charge in [-0.2, -0.15) is 5.10 Å². The fourth-order valence-electron chi connectivity index (χ4n) is 4.35. The van der Waals surface area contributed by atoms with Gasteiger partial charge in [-0.05, 0) is 38.1 Å².